The molecule has 0 amide bonds. The average molecular weight is 366 g/mol. The molecule has 0 radical (unpaired) electrons. The molecule has 4 aliphatic rings. The number of hydrogen-bond acceptors (Lipinski definition) is 5. The fraction of sp³-hybridized carbons (Fsp3) is 0.524. The fourth-order valence-corrected chi connectivity index (χ4v) is 4.86. The van der Waals surface area contributed by atoms with Crippen LogP contribution in [-0.4, -0.2) is 47.9 Å². The quantitative estimate of drug-likeness (QED) is 0.899. The van der Waals surface area contributed by atoms with Crippen molar-refractivity contribution in [1.82, 2.24) is 9.97 Å². The normalized spacial score (nSPS) is 29.7. The number of aromatic nitrogens is 2. The molecule has 2 aromatic rings. The van der Waals surface area contributed by atoms with Crippen molar-refractivity contribution < 1.29 is 4.74 Å². The zero-order valence-electron chi connectivity index (χ0n) is 15.7. The predicted molar refractivity (Wildman–Crippen MR) is 105 cm³/mol. The molecule has 0 unspecified atom stereocenters. The topological polar surface area (TPSA) is 61.5 Å². The van der Waals surface area contributed by atoms with Crippen LogP contribution in [0, 0.1) is 5.92 Å². The maximum atomic E-state index is 12.4. The van der Waals surface area contributed by atoms with Gasteiger partial charge in [-0.1, -0.05) is 30.3 Å². The lowest BCUT2D eigenvalue weighted by Gasteiger charge is -2.33. The van der Waals surface area contributed by atoms with Crippen molar-refractivity contribution in [3.8, 4) is 0 Å². The van der Waals surface area contributed by atoms with Crippen molar-refractivity contribution >= 4 is 11.8 Å². The van der Waals surface area contributed by atoms with Crippen molar-refractivity contribution in [2.45, 2.75) is 44.4 Å². The number of fused-ring (bicyclic) bond motifs is 1. The van der Waals surface area contributed by atoms with Gasteiger partial charge in [-0.15, -0.1) is 0 Å². The molecule has 3 aliphatic heterocycles. The zero-order chi connectivity index (χ0) is 18.4. The van der Waals surface area contributed by atoms with Gasteiger partial charge >= 0.3 is 0 Å². The van der Waals surface area contributed by atoms with Gasteiger partial charge in [0, 0.05) is 31.2 Å². The number of aromatic amines is 1. The van der Waals surface area contributed by atoms with E-state index in [1.807, 2.05) is 0 Å². The molecule has 6 nitrogen and oxygen atoms in total. The van der Waals surface area contributed by atoms with Crippen LogP contribution in [0.5, 0.6) is 0 Å². The Bertz CT molecular complexity index is 862. The maximum Gasteiger partial charge on any atom is 0.254 e. The summed E-state index contributed by atoms with van der Waals surface area (Å²) in [5.74, 6) is 2.21. The Balaban J connectivity index is 1.44. The predicted octanol–water partition coefficient (Wildman–Crippen LogP) is 2.20. The Labute approximate surface area is 159 Å². The van der Waals surface area contributed by atoms with Gasteiger partial charge < -0.3 is 14.5 Å². The minimum atomic E-state index is -0.0725. The Hall–Kier alpha value is -2.34. The van der Waals surface area contributed by atoms with Crippen LogP contribution in [0.4, 0.5) is 11.8 Å². The van der Waals surface area contributed by atoms with Crippen molar-refractivity contribution in [3.05, 3.63) is 52.3 Å². The van der Waals surface area contributed by atoms with Crippen molar-refractivity contribution in [2.24, 2.45) is 5.92 Å². The van der Waals surface area contributed by atoms with E-state index in [9.17, 15) is 4.79 Å². The summed E-state index contributed by atoms with van der Waals surface area (Å²) in [7, 11) is 0. The van der Waals surface area contributed by atoms with E-state index in [0.717, 1.165) is 31.3 Å². The maximum absolute atomic E-state index is 12.4. The molecule has 1 aliphatic carbocycles. The number of benzene rings is 1. The number of morpholine rings is 1. The third-order valence-corrected chi connectivity index (χ3v) is 6.26. The van der Waals surface area contributed by atoms with E-state index in [1.54, 1.807) is 6.07 Å². The zero-order valence-corrected chi connectivity index (χ0v) is 15.7. The van der Waals surface area contributed by atoms with E-state index < -0.39 is 0 Å². The standard InChI is InChI=1S/C21H26N4O2/c1-14-13-24(7-8-27-14)19-12-20(26)23-21(22-19)25-17-10-16(11-17)18(25)9-15-5-3-2-4-6-15/h2-6,12,14,16-18H,7-11,13H2,1H3,(H,22,23,26)/t14-,16?,17?,18-/m1/s1. The fourth-order valence-electron chi connectivity index (χ4n) is 4.86. The first-order chi connectivity index (χ1) is 13.2. The van der Waals surface area contributed by atoms with Crippen LogP contribution < -0.4 is 15.4 Å². The minimum Gasteiger partial charge on any atom is -0.375 e. The van der Waals surface area contributed by atoms with Gasteiger partial charge in [-0.25, -0.2) is 0 Å². The van der Waals surface area contributed by atoms with Crippen molar-refractivity contribution in [1.29, 1.82) is 0 Å². The van der Waals surface area contributed by atoms with Gasteiger partial charge in [0.1, 0.15) is 5.82 Å². The first kappa shape index (κ1) is 16.8. The number of H-pyrrole nitrogens is 1. The van der Waals surface area contributed by atoms with Gasteiger partial charge in [0.15, 0.2) is 0 Å². The number of ether oxygens (including phenoxy) is 1. The molecule has 6 heteroatoms. The van der Waals surface area contributed by atoms with Crippen molar-refractivity contribution in [2.75, 3.05) is 29.5 Å². The van der Waals surface area contributed by atoms with Gasteiger partial charge in [0.05, 0.1) is 12.7 Å². The summed E-state index contributed by atoms with van der Waals surface area (Å²) in [6.45, 7) is 4.29. The summed E-state index contributed by atoms with van der Waals surface area (Å²) >= 11 is 0. The van der Waals surface area contributed by atoms with Gasteiger partial charge in [0.2, 0.25) is 5.95 Å². The summed E-state index contributed by atoms with van der Waals surface area (Å²) in [6, 6.07) is 13.2. The highest BCUT2D eigenvalue weighted by Gasteiger charge is 2.51. The second-order valence-corrected chi connectivity index (χ2v) is 8.10. The highest BCUT2D eigenvalue weighted by Crippen LogP contribution is 2.48. The van der Waals surface area contributed by atoms with E-state index >= 15 is 0 Å². The monoisotopic (exact) mass is 366 g/mol. The van der Waals surface area contributed by atoms with Crippen LogP contribution >= 0.6 is 0 Å². The second-order valence-electron chi connectivity index (χ2n) is 8.10. The second kappa shape index (κ2) is 6.68. The van der Waals surface area contributed by atoms with Gasteiger partial charge in [0.25, 0.3) is 5.56 Å². The van der Waals surface area contributed by atoms with Gasteiger partial charge in [-0.05, 0) is 37.7 Å². The molecule has 1 aromatic heterocycles. The Morgan fingerprint density at radius 3 is 2.85 bits per heavy atom. The van der Waals surface area contributed by atoms with Crippen LogP contribution in [0.2, 0.25) is 0 Å². The van der Waals surface area contributed by atoms with Crippen LogP contribution in [0.3, 0.4) is 0 Å². The van der Waals surface area contributed by atoms with Crippen molar-refractivity contribution in [3.63, 3.8) is 0 Å². The molecule has 2 atom stereocenters. The Morgan fingerprint density at radius 1 is 1.26 bits per heavy atom. The number of nitrogens with one attached hydrogen (secondary N) is 1. The lowest BCUT2D eigenvalue weighted by atomic mass is 9.81. The molecule has 0 spiro atoms. The first-order valence-corrected chi connectivity index (χ1v) is 9.97. The van der Waals surface area contributed by atoms with E-state index in [1.165, 1.54) is 18.4 Å². The molecule has 142 valence electrons. The van der Waals surface area contributed by atoms with Crippen LogP contribution in [0.1, 0.15) is 25.3 Å². The van der Waals surface area contributed by atoms with Crippen LogP contribution in [0.25, 0.3) is 0 Å². The Morgan fingerprint density at radius 2 is 2.07 bits per heavy atom. The summed E-state index contributed by atoms with van der Waals surface area (Å²) in [4.78, 5) is 24.8. The molecular weight excluding hydrogens is 340 g/mol. The lowest BCUT2D eigenvalue weighted by molar-refractivity contribution is 0.0529. The molecule has 27 heavy (non-hydrogen) atoms. The number of hydrogen-bond donors (Lipinski definition) is 1. The van der Waals surface area contributed by atoms with Gasteiger partial charge in [-0.2, -0.15) is 4.98 Å². The number of rotatable bonds is 4. The molecule has 1 N–H and O–H groups in total. The Kier molecular flexibility index (Phi) is 4.16. The van der Waals surface area contributed by atoms with E-state index in [2.05, 4.69) is 52.0 Å². The third-order valence-electron chi connectivity index (χ3n) is 6.26. The van der Waals surface area contributed by atoms with Gasteiger partial charge in [-0.3, -0.25) is 9.78 Å². The molecule has 1 saturated carbocycles. The first-order valence-electron chi connectivity index (χ1n) is 9.97. The molecule has 2 bridgehead atoms. The van der Waals surface area contributed by atoms with Crippen LogP contribution in [-0.2, 0) is 11.2 Å². The van der Waals surface area contributed by atoms with E-state index in [4.69, 9.17) is 9.72 Å². The molecule has 3 saturated heterocycles. The number of anilines is 2. The largest absolute Gasteiger partial charge is 0.375 e. The summed E-state index contributed by atoms with van der Waals surface area (Å²) in [5, 5.41) is 0. The SMILES string of the molecule is C[C@@H]1CN(c2cc(=O)[nH]c(N3C4CC(C4)[C@H]3Cc3ccccc3)n2)CCO1. The summed E-state index contributed by atoms with van der Waals surface area (Å²) < 4.78 is 5.63. The molecule has 1 aromatic carbocycles. The minimum absolute atomic E-state index is 0.0725. The molecule has 4 fully saturated rings. The smallest absolute Gasteiger partial charge is 0.254 e. The molecular formula is C21H26N4O2. The average Bonchev–Trinajstić information content (AvgIpc) is 3.16. The highest BCUT2D eigenvalue weighted by atomic mass is 16.5. The number of nitrogens with zero attached hydrogens (tertiary/aromatic N) is 3. The molecule has 4 heterocycles. The highest BCUT2D eigenvalue weighted by molar-refractivity contribution is 5.48. The van der Waals surface area contributed by atoms with E-state index in [0.29, 0.717) is 24.6 Å². The summed E-state index contributed by atoms with van der Waals surface area (Å²) in [5.41, 5.74) is 1.28. The summed E-state index contributed by atoms with van der Waals surface area (Å²) in [6.07, 6.45) is 3.58. The molecule has 6 rings (SSSR count). The van der Waals surface area contributed by atoms with E-state index in [-0.39, 0.29) is 11.7 Å². The lowest BCUT2D eigenvalue weighted by Crippen LogP contribution is -2.42. The van der Waals surface area contributed by atoms with Crippen LogP contribution in [0.15, 0.2) is 41.2 Å². The third kappa shape index (κ3) is 3.12.